The van der Waals surface area contributed by atoms with E-state index in [1.54, 1.807) is 0 Å². The van der Waals surface area contributed by atoms with E-state index in [0.29, 0.717) is 31.0 Å². The van der Waals surface area contributed by atoms with Gasteiger partial charge >= 0.3 is 5.76 Å². The van der Waals surface area contributed by atoms with E-state index in [9.17, 15) is 9.59 Å². The molecule has 1 aliphatic rings. The summed E-state index contributed by atoms with van der Waals surface area (Å²) in [6, 6.07) is 7.54. The van der Waals surface area contributed by atoms with Gasteiger partial charge in [-0.2, -0.15) is 0 Å². The van der Waals surface area contributed by atoms with Crippen molar-refractivity contribution < 1.29 is 9.32 Å². The summed E-state index contributed by atoms with van der Waals surface area (Å²) < 4.78 is 7.21. The maximum Gasteiger partial charge on any atom is 0.441 e. The van der Waals surface area contributed by atoms with Gasteiger partial charge in [-0.1, -0.05) is 33.2 Å². The van der Waals surface area contributed by atoms with Crippen LogP contribution in [0, 0.1) is 5.92 Å². The Labute approximate surface area is 130 Å². The van der Waals surface area contributed by atoms with Crippen molar-refractivity contribution in [2.24, 2.45) is 5.92 Å². The van der Waals surface area contributed by atoms with Crippen molar-refractivity contribution in [2.45, 2.75) is 32.2 Å². The molecular weight excluding hydrogens is 336 g/mol. The third-order valence-electron chi connectivity index (χ3n) is 3.90. The van der Waals surface area contributed by atoms with Crippen molar-refractivity contribution in [1.82, 2.24) is 9.72 Å². The first-order valence-corrected chi connectivity index (χ1v) is 7.79. The zero-order valence-electron chi connectivity index (χ0n) is 11.4. The maximum atomic E-state index is 11.8. The fourth-order valence-electron chi connectivity index (χ4n) is 2.78. The molecule has 1 saturated carbocycles. The fraction of sp³-hybridized carbons (Fsp3) is 0.400. The van der Waals surface area contributed by atoms with Gasteiger partial charge in [-0.3, -0.25) is 13.9 Å². The first-order chi connectivity index (χ1) is 10.1. The Bertz CT molecular complexity index is 720. The van der Waals surface area contributed by atoms with Crippen molar-refractivity contribution >= 4 is 21.7 Å². The normalized spacial score (nSPS) is 18.3. The number of benzene rings is 1. The molecule has 6 heteroatoms. The second-order valence-electron chi connectivity index (χ2n) is 5.28. The van der Waals surface area contributed by atoms with Gasteiger partial charge in [0.05, 0.1) is 0 Å². The highest BCUT2D eigenvalue weighted by Crippen LogP contribution is 2.26. The molecule has 0 spiro atoms. The molecule has 1 fully saturated rings. The van der Waals surface area contributed by atoms with Crippen molar-refractivity contribution in [3.05, 3.63) is 39.3 Å². The molecule has 0 radical (unpaired) electrons. The van der Waals surface area contributed by atoms with Crippen LogP contribution in [0.2, 0.25) is 0 Å². The van der Waals surface area contributed by atoms with Crippen molar-refractivity contribution in [2.75, 3.05) is 0 Å². The van der Waals surface area contributed by atoms with Gasteiger partial charge in [-0.05, 0) is 31.4 Å². The molecule has 110 valence electrons. The fourth-order valence-corrected chi connectivity index (χ4v) is 3.18. The number of carbonyl (C=O) groups is 1. The van der Waals surface area contributed by atoms with E-state index >= 15 is 0 Å². The molecule has 0 bridgehead atoms. The highest BCUT2D eigenvalue weighted by atomic mass is 79.9. The minimum Gasteiger partial charge on any atom is -0.299 e. The molecule has 0 saturated heterocycles. The molecule has 0 unspecified atom stereocenters. The van der Waals surface area contributed by atoms with Gasteiger partial charge in [0.2, 0.25) is 0 Å². The molecule has 5 nitrogen and oxygen atoms in total. The van der Waals surface area contributed by atoms with Crippen LogP contribution in [0.5, 0.6) is 0 Å². The Kier molecular flexibility index (Phi) is 4.05. The molecule has 2 aromatic rings. The van der Waals surface area contributed by atoms with Crippen LogP contribution in [-0.2, 0) is 11.3 Å². The second-order valence-corrected chi connectivity index (χ2v) is 6.19. The number of hydrogen-bond donors (Lipinski definition) is 0. The summed E-state index contributed by atoms with van der Waals surface area (Å²) in [6.07, 6.45) is 3.22. The molecule has 21 heavy (non-hydrogen) atoms. The quantitative estimate of drug-likeness (QED) is 0.849. The van der Waals surface area contributed by atoms with Gasteiger partial charge in [-0.25, -0.2) is 4.79 Å². The molecule has 1 aromatic carbocycles. The van der Waals surface area contributed by atoms with E-state index in [0.717, 1.165) is 22.9 Å². The Morgan fingerprint density at radius 3 is 2.95 bits per heavy atom. The van der Waals surface area contributed by atoms with Gasteiger partial charge in [-0.15, -0.1) is 0 Å². The highest BCUT2D eigenvalue weighted by molar-refractivity contribution is 9.10. The summed E-state index contributed by atoms with van der Waals surface area (Å²) in [5.41, 5.74) is 0.813. The summed E-state index contributed by atoms with van der Waals surface area (Å²) in [5, 5.41) is 3.86. The number of aromatic nitrogens is 2. The zero-order chi connectivity index (χ0) is 14.8. The van der Waals surface area contributed by atoms with Crippen LogP contribution in [0.15, 0.2) is 38.1 Å². The lowest BCUT2D eigenvalue weighted by atomic mass is 10.0. The number of ketones is 1. The average molecular weight is 351 g/mol. The summed E-state index contributed by atoms with van der Waals surface area (Å²) in [6.45, 7) is 0.459. The van der Waals surface area contributed by atoms with Crippen molar-refractivity contribution in [1.29, 1.82) is 0 Å². The highest BCUT2D eigenvalue weighted by Gasteiger charge is 2.25. The van der Waals surface area contributed by atoms with Gasteiger partial charge < -0.3 is 0 Å². The molecule has 1 heterocycles. The van der Waals surface area contributed by atoms with Crippen LogP contribution in [-0.4, -0.2) is 15.5 Å². The Hall–Kier alpha value is -1.69. The SMILES string of the molecule is O=C1CCC[C@@H]1CCn1c(-c2cccc(Br)c2)noc1=O. The van der Waals surface area contributed by atoms with E-state index in [-0.39, 0.29) is 5.92 Å². The molecule has 1 aliphatic carbocycles. The lowest BCUT2D eigenvalue weighted by Gasteiger charge is -2.09. The first kappa shape index (κ1) is 14.3. The van der Waals surface area contributed by atoms with Crippen LogP contribution in [0.4, 0.5) is 0 Å². The van der Waals surface area contributed by atoms with Gasteiger partial charge in [0.1, 0.15) is 5.78 Å². The van der Waals surface area contributed by atoms with Crippen LogP contribution in [0.25, 0.3) is 11.4 Å². The van der Waals surface area contributed by atoms with Crippen LogP contribution in [0.3, 0.4) is 0 Å². The molecule has 3 rings (SSSR count). The number of carbonyl (C=O) groups excluding carboxylic acids is 1. The third kappa shape index (κ3) is 3.00. The molecular formula is C15H15BrN2O3. The topological polar surface area (TPSA) is 65.1 Å². The van der Waals surface area contributed by atoms with E-state index in [1.165, 1.54) is 4.57 Å². The van der Waals surface area contributed by atoms with Crippen LogP contribution >= 0.6 is 15.9 Å². The van der Waals surface area contributed by atoms with Gasteiger partial charge in [0.25, 0.3) is 0 Å². The number of rotatable bonds is 4. The summed E-state index contributed by atoms with van der Waals surface area (Å²) in [7, 11) is 0. The summed E-state index contributed by atoms with van der Waals surface area (Å²) >= 11 is 3.40. The average Bonchev–Trinajstić information content (AvgIpc) is 3.03. The zero-order valence-corrected chi connectivity index (χ0v) is 13.0. The lowest BCUT2D eigenvalue weighted by Crippen LogP contribution is -2.19. The van der Waals surface area contributed by atoms with Crippen LogP contribution < -0.4 is 5.76 Å². The Morgan fingerprint density at radius 1 is 1.38 bits per heavy atom. The van der Waals surface area contributed by atoms with E-state index in [4.69, 9.17) is 4.52 Å². The van der Waals surface area contributed by atoms with Crippen molar-refractivity contribution in [3.8, 4) is 11.4 Å². The molecule has 1 aromatic heterocycles. The summed E-state index contributed by atoms with van der Waals surface area (Å²) in [4.78, 5) is 23.5. The van der Waals surface area contributed by atoms with E-state index < -0.39 is 5.76 Å². The predicted octanol–water partition coefficient (Wildman–Crippen LogP) is 3.03. The smallest absolute Gasteiger partial charge is 0.299 e. The second kappa shape index (κ2) is 5.97. The van der Waals surface area contributed by atoms with Gasteiger partial charge in [0.15, 0.2) is 5.82 Å². The van der Waals surface area contributed by atoms with E-state index in [2.05, 4.69) is 21.1 Å². The number of hydrogen-bond acceptors (Lipinski definition) is 4. The molecule has 0 amide bonds. The predicted molar refractivity (Wildman–Crippen MR) is 80.9 cm³/mol. The number of nitrogens with zero attached hydrogens (tertiary/aromatic N) is 2. The minimum absolute atomic E-state index is 0.0714. The molecule has 0 N–H and O–H groups in total. The van der Waals surface area contributed by atoms with Gasteiger partial charge in [0, 0.05) is 28.9 Å². The Morgan fingerprint density at radius 2 is 2.24 bits per heavy atom. The molecule has 0 aliphatic heterocycles. The lowest BCUT2D eigenvalue weighted by molar-refractivity contribution is -0.120. The minimum atomic E-state index is -0.476. The van der Waals surface area contributed by atoms with Crippen LogP contribution in [0.1, 0.15) is 25.7 Å². The largest absolute Gasteiger partial charge is 0.441 e. The first-order valence-electron chi connectivity index (χ1n) is 7.00. The standard InChI is InChI=1S/C15H15BrN2O3/c16-12-5-1-4-11(9-12)14-17-21-15(20)18(14)8-7-10-3-2-6-13(10)19/h1,4-5,9-10H,2-3,6-8H2/t10-/m1/s1. The number of Topliss-reactive ketones (excluding diaryl/α,β-unsaturated/α-hetero) is 1. The Balaban J connectivity index is 1.84. The third-order valence-corrected chi connectivity index (χ3v) is 4.39. The monoisotopic (exact) mass is 350 g/mol. The summed E-state index contributed by atoms with van der Waals surface area (Å²) in [5.74, 6) is 0.410. The van der Waals surface area contributed by atoms with E-state index in [1.807, 2.05) is 24.3 Å². The van der Waals surface area contributed by atoms with Crippen molar-refractivity contribution in [3.63, 3.8) is 0 Å². The maximum absolute atomic E-state index is 11.8. The molecule has 1 atom stereocenters. The number of halogens is 1.